The zero-order valence-corrected chi connectivity index (χ0v) is 12.3. The number of carbonyl (C=O) groups excluding carboxylic acids is 1. The van der Waals surface area contributed by atoms with Gasteiger partial charge in [-0.3, -0.25) is 4.79 Å². The van der Waals surface area contributed by atoms with E-state index >= 15 is 0 Å². The molecule has 110 valence electrons. The van der Waals surface area contributed by atoms with Crippen LogP contribution < -0.4 is 9.47 Å². The molecule has 0 saturated heterocycles. The second-order valence-corrected chi connectivity index (χ2v) is 4.75. The minimum atomic E-state index is -0.367. The Balaban J connectivity index is 2.21. The second kappa shape index (κ2) is 6.39. The molecule has 0 fully saturated rings. The second-order valence-electron chi connectivity index (χ2n) is 4.75. The Hall–Kier alpha value is -2.36. The standard InChI is InChI=1S/C17H17FO3/c1-11-4-6-13(10-14(11)18)15(19)8-12-5-7-16(20-2)17(9-12)21-3/h4-7,9-10H,8H2,1-3H3. The number of carbonyl (C=O) groups is 1. The number of benzene rings is 2. The van der Waals surface area contributed by atoms with Gasteiger partial charge in [0.25, 0.3) is 0 Å². The Kier molecular flexibility index (Phi) is 4.58. The van der Waals surface area contributed by atoms with Crippen LogP contribution in [0.2, 0.25) is 0 Å². The highest BCUT2D eigenvalue weighted by Crippen LogP contribution is 2.28. The molecular weight excluding hydrogens is 271 g/mol. The number of rotatable bonds is 5. The van der Waals surface area contributed by atoms with Gasteiger partial charge in [-0.2, -0.15) is 0 Å². The van der Waals surface area contributed by atoms with E-state index in [0.717, 1.165) is 5.56 Å². The fraction of sp³-hybridized carbons (Fsp3) is 0.235. The maximum absolute atomic E-state index is 13.5. The summed E-state index contributed by atoms with van der Waals surface area (Å²) in [7, 11) is 3.09. The number of ether oxygens (including phenoxy) is 2. The lowest BCUT2D eigenvalue weighted by Gasteiger charge is -2.09. The van der Waals surface area contributed by atoms with Gasteiger partial charge < -0.3 is 9.47 Å². The quantitative estimate of drug-likeness (QED) is 0.789. The summed E-state index contributed by atoms with van der Waals surface area (Å²) in [6.45, 7) is 1.66. The molecule has 0 amide bonds. The highest BCUT2D eigenvalue weighted by molar-refractivity contribution is 5.97. The van der Waals surface area contributed by atoms with Crippen molar-refractivity contribution < 1.29 is 18.7 Å². The van der Waals surface area contributed by atoms with Gasteiger partial charge in [0, 0.05) is 12.0 Å². The van der Waals surface area contributed by atoms with Gasteiger partial charge in [-0.05, 0) is 36.2 Å². The monoisotopic (exact) mass is 288 g/mol. The summed E-state index contributed by atoms with van der Waals surface area (Å²) in [6, 6.07) is 9.82. The van der Waals surface area contributed by atoms with Crippen LogP contribution in [0.4, 0.5) is 4.39 Å². The lowest BCUT2D eigenvalue weighted by atomic mass is 10.0. The fourth-order valence-electron chi connectivity index (χ4n) is 2.04. The van der Waals surface area contributed by atoms with E-state index in [4.69, 9.17) is 9.47 Å². The molecule has 0 heterocycles. The zero-order chi connectivity index (χ0) is 15.4. The van der Waals surface area contributed by atoms with E-state index in [9.17, 15) is 9.18 Å². The maximum atomic E-state index is 13.5. The number of methoxy groups -OCH3 is 2. The molecule has 0 aliphatic rings. The van der Waals surface area contributed by atoms with Crippen LogP contribution in [0.3, 0.4) is 0 Å². The highest BCUT2D eigenvalue weighted by atomic mass is 19.1. The molecule has 2 aromatic carbocycles. The summed E-state index contributed by atoms with van der Waals surface area (Å²) in [4.78, 5) is 12.2. The molecule has 0 bridgehead atoms. The van der Waals surface area contributed by atoms with E-state index in [2.05, 4.69) is 0 Å². The summed E-state index contributed by atoms with van der Waals surface area (Å²) in [5, 5.41) is 0. The largest absolute Gasteiger partial charge is 0.493 e. The molecule has 2 rings (SSSR count). The molecule has 0 unspecified atom stereocenters. The molecular formula is C17H17FO3. The van der Waals surface area contributed by atoms with Gasteiger partial charge in [0.1, 0.15) is 5.82 Å². The molecule has 0 aliphatic heterocycles. The summed E-state index contributed by atoms with van der Waals surface area (Å²) in [5.41, 5.74) is 1.68. The molecule has 0 aromatic heterocycles. The van der Waals surface area contributed by atoms with Crippen LogP contribution in [0.5, 0.6) is 11.5 Å². The normalized spacial score (nSPS) is 10.3. The maximum Gasteiger partial charge on any atom is 0.167 e. The van der Waals surface area contributed by atoms with Crippen LogP contribution in [0.1, 0.15) is 21.5 Å². The van der Waals surface area contributed by atoms with Crippen molar-refractivity contribution >= 4 is 5.78 Å². The third kappa shape index (κ3) is 3.40. The summed E-state index contributed by atoms with van der Waals surface area (Å²) in [6.07, 6.45) is 0.183. The molecule has 2 aromatic rings. The van der Waals surface area contributed by atoms with Crippen LogP contribution in [-0.2, 0) is 6.42 Å². The van der Waals surface area contributed by atoms with Gasteiger partial charge in [-0.1, -0.05) is 18.2 Å². The van der Waals surface area contributed by atoms with Gasteiger partial charge in [-0.25, -0.2) is 4.39 Å². The first-order chi connectivity index (χ1) is 10.0. The van der Waals surface area contributed by atoms with Crippen molar-refractivity contribution in [3.05, 3.63) is 58.9 Å². The molecule has 0 aliphatic carbocycles. The fourth-order valence-corrected chi connectivity index (χ4v) is 2.04. The number of hydrogen-bond donors (Lipinski definition) is 0. The van der Waals surface area contributed by atoms with E-state index in [1.165, 1.54) is 6.07 Å². The van der Waals surface area contributed by atoms with Crippen molar-refractivity contribution in [1.82, 2.24) is 0 Å². The predicted molar refractivity (Wildman–Crippen MR) is 78.7 cm³/mol. The van der Waals surface area contributed by atoms with Crippen LogP contribution >= 0.6 is 0 Å². The van der Waals surface area contributed by atoms with Crippen molar-refractivity contribution in [3.63, 3.8) is 0 Å². The van der Waals surface area contributed by atoms with Crippen LogP contribution in [0.25, 0.3) is 0 Å². The number of hydrogen-bond acceptors (Lipinski definition) is 3. The van der Waals surface area contributed by atoms with E-state index in [1.54, 1.807) is 51.5 Å². The minimum Gasteiger partial charge on any atom is -0.493 e. The third-order valence-corrected chi connectivity index (χ3v) is 3.31. The lowest BCUT2D eigenvalue weighted by Crippen LogP contribution is -2.05. The molecule has 0 spiro atoms. The first-order valence-corrected chi connectivity index (χ1v) is 6.55. The predicted octanol–water partition coefficient (Wildman–Crippen LogP) is 3.58. The average Bonchev–Trinajstić information content (AvgIpc) is 2.49. The lowest BCUT2D eigenvalue weighted by molar-refractivity contribution is 0.0992. The number of Topliss-reactive ketones (excluding diaryl/α,β-unsaturated/α-hetero) is 1. The Morgan fingerprint density at radius 2 is 1.76 bits per heavy atom. The van der Waals surface area contributed by atoms with Crippen molar-refractivity contribution in [2.75, 3.05) is 14.2 Å². The number of ketones is 1. The van der Waals surface area contributed by atoms with Crippen molar-refractivity contribution in [3.8, 4) is 11.5 Å². The minimum absolute atomic E-state index is 0.138. The van der Waals surface area contributed by atoms with Crippen LogP contribution in [0.15, 0.2) is 36.4 Å². The van der Waals surface area contributed by atoms with Crippen LogP contribution in [-0.4, -0.2) is 20.0 Å². The highest BCUT2D eigenvalue weighted by Gasteiger charge is 2.11. The molecule has 3 nitrogen and oxygen atoms in total. The smallest absolute Gasteiger partial charge is 0.167 e. The average molecular weight is 288 g/mol. The van der Waals surface area contributed by atoms with Gasteiger partial charge in [0.05, 0.1) is 14.2 Å². The van der Waals surface area contributed by atoms with E-state index in [0.29, 0.717) is 22.6 Å². The Morgan fingerprint density at radius 3 is 2.38 bits per heavy atom. The SMILES string of the molecule is COc1ccc(CC(=O)c2ccc(C)c(F)c2)cc1OC. The van der Waals surface area contributed by atoms with Gasteiger partial charge >= 0.3 is 0 Å². The van der Waals surface area contributed by atoms with Crippen molar-refractivity contribution in [2.24, 2.45) is 0 Å². The van der Waals surface area contributed by atoms with E-state index < -0.39 is 0 Å². The van der Waals surface area contributed by atoms with Crippen molar-refractivity contribution in [2.45, 2.75) is 13.3 Å². The summed E-state index contributed by atoms with van der Waals surface area (Å²) in [5.74, 6) is 0.669. The first kappa shape index (κ1) is 15.0. The summed E-state index contributed by atoms with van der Waals surface area (Å²) >= 11 is 0. The van der Waals surface area contributed by atoms with Gasteiger partial charge in [0.15, 0.2) is 17.3 Å². The first-order valence-electron chi connectivity index (χ1n) is 6.55. The van der Waals surface area contributed by atoms with Gasteiger partial charge in [0.2, 0.25) is 0 Å². The third-order valence-electron chi connectivity index (χ3n) is 3.31. The van der Waals surface area contributed by atoms with E-state index in [-0.39, 0.29) is 18.0 Å². The van der Waals surface area contributed by atoms with Gasteiger partial charge in [-0.15, -0.1) is 0 Å². The molecule has 4 heteroatoms. The summed E-state index contributed by atoms with van der Waals surface area (Å²) < 4.78 is 23.9. The zero-order valence-electron chi connectivity index (χ0n) is 12.3. The number of aryl methyl sites for hydroxylation is 1. The Bertz CT molecular complexity index is 665. The Morgan fingerprint density at radius 1 is 1.05 bits per heavy atom. The van der Waals surface area contributed by atoms with E-state index in [1.807, 2.05) is 0 Å². The topological polar surface area (TPSA) is 35.5 Å². The number of halogens is 1. The molecule has 0 atom stereocenters. The molecule has 21 heavy (non-hydrogen) atoms. The molecule has 0 N–H and O–H groups in total. The van der Waals surface area contributed by atoms with Crippen molar-refractivity contribution in [1.29, 1.82) is 0 Å². The molecule has 0 saturated carbocycles. The molecule has 0 radical (unpaired) electrons. The van der Waals surface area contributed by atoms with Crippen LogP contribution in [0, 0.1) is 12.7 Å². The Labute approximate surface area is 123 Å².